The van der Waals surface area contributed by atoms with E-state index in [1.165, 1.54) is 12.1 Å². The minimum absolute atomic E-state index is 0.0325. The molecular formula is C24H28FN5O3S. The van der Waals surface area contributed by atoms with Crippen LogP contribution in [-0.4, -0.2) is 70.8 Å². The van der Waals surface area contributed by atoms with E-state index in [4.69, 9.17) is 14.5 Å². The lowest BCUT2D eigenvalue weighted by molar-refractivity contribution is -0.188. The molecule has 5 heterocycles. The van der Waals surface area contributed by atoms with E-state index in [2.05, 4.69) is 10.00 Å². The monoisotopic (exact) mass is 485 g/mol. The first-order valence-electron chi connectivity index (χ1n) is 12.0. The van der Waals surface area contributed by atoms with Gasteiger partial charge in [0.25, 0.3) is 0 Å². The number of aryl methyl sites for hydroxylation is 1. The van der Waals surface area contributed by atoms with E-state index in [-0.39, 0.29) is 17.6 Å². The van der Waals surface area contributed by atoms with E-state index >= 15 is 0 Å². The normalized spacial score (nSPS) is 22.7. The number of aromatic nitrogens is 3. The van der Waals surface area contributed by atoms with Crippen LogP contribution in [0.2, 0.25) is 0 Å². The van der Waals surface area contributed by atoms with Gasteiger partial charge in [-0.15, -0.1) is 0 Å². The fourth-order valence-electron chi connectivity index (χ4n) is 5.28. The molecule has 0 saturated carbocycles. The molecule has 3 aliphatic heterocycles. The largest absolute Gasteiger partial charge is 0.347 e. The Balaban J connectivity index is 1.18. The predicted octanol–water partition coefficient (Wildman–Crippen LogP) is 3.51. The smallest absolute Gasteiger partial charge is 0.227 e. The molecule has 1 amide bonds. The molecule has 10 heteroatoms. The standard InChI is InChI=1S/C24H28FN5O3S/c1-16-20-21(30(27-16)19-6-4-18(25)5-7-19)26-23(34-20)29-10-2-3-17(15-29)22(31)28-11-8-24(9-12-28)32-13-14-33-24/h4-7,17H,2-3,8-15H2,1H3. The Morgan fingerprint density at radius 2 is 1.88 bits per heavy atom. The van der Waals surface area contributed by atoms with E-state index in [1.54, 1.807) is 28.2 Å². The first kappa shape index (κ1) is 21.9. The number of rotatable bonds is 3. The second-order valence-electron chi connectivity index (χ2n) is 9.34. The van der Waals surface area contributed by atoms with Crippen LogP contribution in [-0.2, 0) is 14.3 Å². The molecule has 3 saturated heterocycles. The van der Waals surface area contributed by atoms with Gasteiger partial charge in [-0.3, -0.25) is 4.79 Å². The SMILES string of the molecule is Cc1nn(-c2ccc(F)cc2)c2nc(N3CCCC(C(=O)N4CCC5(CC4)OCCO5)C3)sc12. The lowest BCUT2D eigenvalue weighted by Crippen LogP contribution is -2.51. The Morgan fingerprint density at radius 1 is 1.15 bits per heavy atom. The number of ether oxygens (including phenoxy) is 2. The zero-order chi connectivity index (χ0) is 23.3. The number of fused-ring (bicyclic) bond motifs is 1. The van der Waals surface area contributed by atoms with Gasteiger partial charge in [-0.05, 0) is 44.0 Å². The molecule has 3 aliphatic rings. The summed E-state index contributed by atoms with van der Waals surface area (Å²) < 4.78 is 27.8. The number of nitrogens with zero attached hydrogens (tertiary/aromatic N) is 5. The quantitative estimate of drug-likeness (QED) is 0.565. The average molecular weight is 486 g/mol. The number of halogens is 1. The number of carbonyl (C=O) groups is 1. The summed E-state index contributed by atoms with van der Waals surface area (Å²) in [6.07, 6.45) is 3.34. The highest BCUT2D eigenvalue weighted by Gasteiger charge is 2.42. The molecule has 180 valence electrons. The predicted molar refractivity (Wildman–Crippen MR) is 127 cm³/mol. The van der Waals surface area contributed by atoms with Crippen molar-refractivity contribution in [3.8, 4) is 5.69 Å². The van der Waals surface area contributed by atoms with Crippen LogP contribution in [0.5, 0.6) is 0 Å². The number of hydrogen-bond acceptors (Lipinski definition) is 7. The van der Waals surface area contributed by atoms with Gasteiger partial charge in [-0.25, -0.2) is 9.07 Å². The Bertz CT molecular complexity index is 1190. The van der Waals surface area contributed by atoms with Gasteiger partial charge in [-0.2, -0.15) is 10.1 Å². The van der Waals surface area contributed by atoms with Crippen molar-refractivity contribution < 1.29 is 18.7 Å². The van der Waals surface area contributed by atoms with Crippen LogP contribution in [0.15, 0.2) is 24.3 Å². The van der Waals surface area contributed by atoms with E-state index in [1.807, 2.05) is 11.8 Å². The van der Waals surface area contributed by atoms with Gasteiger partial charge in [0.1, 0.15) is 5.82 Å². The Kier molecular flexibility index (Phi) is 5.54. The third-order valence-electron chi connectivity index (χ3n) is 7.14. The number of benzene rings is 1. The van der Waals surface area contributed by atoms with Crippen LogP contribution in [0.3, 0.4) is 0 Å². The molecule has 2 aromatic heterocycles. The van der Waals surface area contributed by atoms with Crippen molar-refractivity contribution in [1.29, 1.82) is 0 Å². The first-order valence-corrected chi connectivity index (χ1v) is 12.8. The maximum atomic E-state index is 13.4. The molecule has 8 nitrogen and oxygen atoms in total. The molecule has 1 aromatic carbocycles. The lowest BCUT2D eigenvalue weighted by atomic mass is 9.95. The molecule has 34 heavy (non-hydrogen) atoms. The van der Waals surface area contributed by atoms with Crippen molar-refractivity contribution in [2.24, 2.45) is 5.92 Å². The highest BCUT2D eigenvalue weighted by atomic mass is 32.1. The van der Waals surface area contributed by atoms with Gasteiger partial charge in [-0.1, -0.05) is 11.3 Å². The van der Waals surface area contributed by atoms with E-state index in [0.29, 0.717) is 32.8 Å². The number of piperidine rings is 2. The molecule has 3 fully saturated rings. The van der Waals surface area contributed by atoms with Crippen molar-refractivity contribution in [3.63, 3.8) is 0 Å². The molecule has 1 unspecified atom stereocenters. The summed E-state index contributed by atoms with van der Waals surface area (Å²) in [7, 11) is 0. The summed E-state index contributed by atoms with van der Waals surface area (Å²) in [5.41, 5.74) is 2.45. The lowest BCUT2D eigenvalue weighted by Gasteiger charge is -2.40. The average Bonchev–Trinajstić information content (AvgIpc) is 3.57. The maximum Gasteiger partial charge on any atom is 0.227 e. The number of likely N-dealkylation sites (tertiary alicyclic amines) is 1. The van der Waals surface area contributed by atoms with E-state index in [0.717, 1.165) is 59.1 Å². The molecule has 1 spiro atoms. The van der Waals surface area contributed by atoms with Crippen molar-refractivity contribution in [1.82, 2.24) is 19.7 Å². The summed E-state index contributed by atoms with van der Waals surface area (Å²) in [6, 6.07) is 6.28. The van der Waals surface area contributed by atoms with Crippen molar-refractivity contribution in [2.75, 3.05) is 44.3 Å². The van der Waals surface area contributed by atoms with Crippen LogP contribution >= 0.6 is 11.3 Å². The van der Waals surface area contributed by atoms with Crippen LogP contribution < -0.4 is 4.90 Å². The molecule has 0 aliphatic carbocycles. The Labute approximate surface area is 201 Å². The van der Waals surface area contributed by atoms with Crippen LogP contribution in [0.4, 0.5) is 9.52 Å². The van der Waals surface area contributed by atoms with Gasteiger partial charge >= 0.3 is 0 Å². The summed E-state index contributed by atoms with van der Waals surface area (Å²) in [4.78, 5) is 22.5. The van der Waals surface area contributed by atoms with E-state index in [9.17, 15) is 9.18 Å². The van der Waals surface area contributed by atoms with Crippen molar-refractivity contribution in [2.45, 2.75) is 38.4 Å². The third-order valence-corrected chi connectivity index (χ3v) is 8.35. The fourth-order valence-corrected chi connectivity index (χ4v) is 6.31. The summed E-state index contributed by atoms with van der Waals surface area (Å²) in [5.74, 6) is -0.548. The molecule has 6 rings (SSSR count). The van der Waals surface area contributed by atoms with Gasteiger partial charge in [0.2, 0.25) is 5.91 Å². The molecule has 3 aromatic rings. The second-order valence-corrected chi connectivity index (χ2v) is 10.3. The highest BCUT2D eigenvalue weighted by Crippen LogP contribution is 2.36. The second kappa shape index (κ2) is 8.58. The van der Waals surface area contributed by atoms with Crippen LogP contribution in [0, 0.1) is 18.7 Å². The molecule has 0 N–H and O–H groups in total. The highest BCUT2D eigenvalue weighted by molar-refractivity contribution is 7.22. The number of amides is 1. The molecule has 0 radical (unpaired) electrons. The molecular weight excluding hydrogens is 457 g/mol. The molecule has 0 bridgehead atoms. The fraction of sp³-hybridized carbons (Fsp3) is 0.542. The minimum Gasteiger partial charge on any atom is -0.347 e. The zero-order valence-electron chi connectivity index (χ0n) is 19.2. The number of thiazole rings is 1. The third kappa shape index (κ3) is 3.87. The first-order chi connectivity index (χ1) is 16.5. The van der Waals surface area contributed by atoms with Crippen LogP contribution in [0.25, 0.3) is 16.0 Å². The number of anilines is 1. The Morgan fingerprint density at radius 3 is 2.62 bits per heavy atom. The van der Waals surface area contributed by atoms with Crippen LogP contribution in [0.1, 0.15) is 31.4 Å². The van der Waals surface area contributed by atoms with Gasteiger partial charge in [0, 0.05) is 39.0 Å². The zero-order valence-corrected chi connectivity index (χ0v) is 20.0. The van der Waals surface area contributed by atoms with Crippen molar-refractivity contribution in [3.05, 3.63) is 35.8 Å². The number of hydrogen-bond donors (Lipinski definition) is 0. The summed E-state index contributed by atoms with van der Waals surface area (Å²) >= 11 is 1.61. The number of carbonyl (C=O) groups excluding carboxylic acids is 1. The molecule has 1 atom stereocenters. The minimum atomic E-state index is -0.466. The maximum absolute atomic E-state index is 13.4. The summed E-state index contributed by atoms with van der Waals surface area (Å²) in [6.45, 7) is 6.18. The van der Waals surface area contributed by atoms with Gasteiger partial charge in [0.15, 0.2) is 16.6 Å². The topological polar surface area (TPSA) is 72.7 Å². The summed E-state index contributed by atoms with van der Waals surface area (Å²) in [5, 5.41) is 5.52. The van der Waals surface area contributed by atoms with Crippen molar-refractivity contribution >= 4 is 32.7 Å². The van der Waals surface area contributed by atoms with E-state index < -0.39 is 5.79 Å². The van der Waals surface area contributed by atoms with Gasteiger partial charge < -0.3 is 19.3 Å². The van der Waals surface area contributed by atoms with Gasteiger partial charge in [0.05, 0.1) is 35.2 Å². The Hall–Kier alpha value is -2.56.